The highest BCUT2D eigenvalue weighted by Gasteiger charge is 2.24. The molecule has 0 aliphatic heterocycles. The maximum Gasteiger partial charge on any atom is 0.263 e. The zero-order chi connectivity index (χ0) is 18.8. The number of nitrogens with zero attached hydrogens (tertiary/aromatic N) is 2. The summed E-state index contributed by atoms with van der Waals surface area (Å²) >= 11 is 7.40. The van der Waals surface area contributed by atoms with Crippen molar-refractivity contribution in [3.63, 3.8) is 0 Å². The van der Waals surface area contributed by atoms with Crippen LogP contribution in [0.25, 0.3) is 21.3 Å². The number of aryl methyl sites for hydroxylation is 1. The van der Waals surface area contributed by atoms with E-state index in [2.05, 4.69) is 4.98 Å². The Kier molecular flexibility index (Phi) is 5.44. The topological polar surface area (TPSA) is 78.0 Å². The molecule has 1 unspecified atom stereocenters. The Morgan fingerprint density at radius 2 is 2.00 bits per heavy atom. The maximum absolute atomic E-state index is 13.3. The minimum atomic E-state index is -0.695. The van der Waals surface area contributed by atoms with E-state index in [1.165, 1.54) is 15.9 Å². The molecule has 0 spiro atoms. The fourth-order valence-electron chi connectivity index (χ4n) is 3.12. The molecule has 1 atom stereocenters. The third kappa shape index (κ3) is 3.27. The van der Waals surface area contributed by atoms with Gasteiger partial charge >= 0.3 is 0 Å². The van der Waals surface area contributed by atoms with Crippen molar-refractivity contribution in [3.8, 4) is 11.1 Å². The monoisotopic (exact) mass is 389 g/mol. The minimum Gasteiger partial charge on any atom is -0.368 e. The van der Waals surface area contributed by atoms with Crippen LogP contribution in [-0.2, 0) is 11.2 Å². The number of fused-ring (bicyclic) bond motifs is 1. The summed E-state index contributed by atoms with van der Waals surface area (Å²) in [6.45, 7) is 3.86. The van der Waals surface area contributed by atoms with Crippen LogP contribution in [0.5, 0.6) is 0 Å². The van der Waals surface area contributed by atoms with Crippen LogP contribution in [0.2, 0.25) is 5.02 Å². The van der Waals surface area contributed by atoms with Gasteiger partial charge in [-0.3, -0.25) is 14.2 Å². The molecule has 5 nitrogen and oxygen atoms in total. The molecule has 136 valence electrons. The Hall–Kier alpha value is -2.18. The molecule has 3 rings (SSSR count). The van der Waals surface area contributed by atoms with E-state index in [4.69, 9.17) is 17.3 Å². The van der Waals surface area contributed by atoms with Gasteiger partial charge in [0.2, 0.25) is 5.91 Å². The molecule has 1 aromatic carbocycles. The number of hydrogen-bond donors (Lipinski definition) is 1. The quantitative estimate of drug-likeness (QED) is 0.687. The average Bonchev–Trinajstić information content (AvgIpc) is 3.03. The van der Waals surface area contributed by atoms with Crippen molar-refractivity contribution >= 4 is 39.1 Å². The lowest BCUT2D eigenvalue weighted by Gasteiger charge is -2.19. The second-order valence-electron chi connectivity index (χ2n) is 6.12. The average molecular weight is 390 g/mol. The first-order valence-corrected chi connectivity index (χ1v) is 9.81. The molecule has 2 N–H and O–H groups in total. The summed E-state index contributed by atoms with van der Waals surface area (Å²) in [5, 5.41) is 3.08. The van der Waals surface area contributed by atoms with E-state index in [0.717, 1.165) is 17.5 Å². The van der Waals surface area contributed by atoms with Gasteiger partial charge in [-0.05, 0) is 30.5 Å². The number of halogens is 1. The van der Waals surface area contributed by atoms with Gasteiger partial charge in [0.25, 0.3) is 5.56 Å². The molecule has 2 heterocycles. The van der Waals surface area contributed by atoms with Crippen LogP contribution in [0, 0.1) is 0 Å². The predicted molar refractivity (Wildman–Crippen MR) is 107 cm³/mol. The summed E-state index contributed by atoms with van der Waals surface area (Å²) in [6.07, 6.45) is 1.88. The SMILES string of the molecule is CCCc1nc2scc(-c3ccc(Cl)cc3)c2c(=O)n1C(CC)C(N)=O. The van der Waals surface area contributed by atoms with Crippen molar-refractivity contribution in [2.75, 3.05) is 0 Å². The van der Waals surface area contributed by atoms with Crippen molar-refractivity contribution < 1.29 is 4.79 Å². The number of carbonyl (C=O) groups is 1. The summed E-state index contributed by atoms with van der Waals surface area (Å²) in [5.41, 5.74) is 7.04. The summed E-state index contributed by atoms with van der Waals surface area (Å²) in [6, 6.07) is 6.63. The molecule has 0 aliphatic rings. The fourth-order valence-corrected chi connectivity index (χ4v) is 4.20. The van der Waals surface area contributed by atoms with Crippen molar-refractivity contribution in [3.05, 3.63) is 50.8 Å². The maximum atomic E-state index is 13.3. The van der Waals surface area contributed by atoms with Gasteiger partial charge in [0, 0.05) is 22.4 Å². The molecule has 26 heavy (non-hydrogen) atoms. The minimum absolute atomic E-state index is 0.213. The molecule has 2 aromatic heterocycles. The lowest BCUT2D eigenvalue weighted by Crippen LogP contribution is -2.36. The van der Waals surface area contributed by atoms with Gasteiger partial charge in [0.05, 0.1) is 5.39 Å². The molecule has 0 saturated heterocycles. The summed E-state index contributed by atoms with van der Waals surface area (Å²) in [5.74, 6) is 0.0940. The van der Waals surface area contributed by atoms with Gasteiger partial charge in [-0.2, -0.15) is 0 Å². The first-order chi connectivity index (χ1) is 12.5. The van der Waals surface area contributed by atoms with Gasteiger partial charge in [-0.15, -0.1) is 11.3 Å². The van der Waals surface area contributed by atoms with Gasteiger partial charge in [0.1, 0.15) is 16.7 Å². The number of carbonyl (C=O) groups excluding carboxylic acids is 1. The van der Waals surface area contributed by atoms with E-state index >= 15 is 0 Å². The molecular formula is C19H20ClN3O2S. The molecular weight excluding hydrogens is 370 g/mol. The second kappa shape index (κ2) is 7.60. The summed E-state index contributed by atoms with van der Waals surface area (Å²) in [4.78, 5) is 30.6. The molecule has 3 aromatic rings. The van der Waals surface area contributed by atoms with E-state index in [1.54, 1.807) is 12.1 Å². The van der Waals surface area contributed by atoms with Crippen LogP contribution in [-0.4, -0.2) is 15.5 Å². The molecule has 0 saturated carbocycles. The van der Waals surface area contributed by atoms with Gasteiger partial charge in [0.15, 0.2) is 0 Å². The number of benzene rings is 1. The highest BCUT2D eigenvalue weighted by atomic mass is 35.5. The van der Waals surface area contributed by atoms with E-state index in [-0.39, 0.29) is 5.56 Å². The van der Waals surface area contributed by atoms with Crippen molar-refractivity contribution in [1.82, 2.24) is 9.55 Å². The van der Waals surface area contributed by atoms with Crippen LogP contribution in [0.15, 0.2) is 34.4 Å². The number of nitrogens with two attached hydrogens (primary N) is 1. The third-order valence-corrected chi connectivity index (χ3v) is 5.49. The number of thiophene rings is 1. The summed E-state index contributed by atoms with van der Waals surface area (Å²) < 4.78 is 1.49. The summed E-state index contributed by atoms with van der Waals surface area (Å²) in [7, 11) is 0. The number of rotatable bonds is 6. The molecule has 0 radical (unpaired) electrons. The Morgan fingerprint density at radius 1 is 1.31 bits per heavy atom. The number of aromatic nitrogens is 2. The van der Waals surface area contributed by atoms with E-state index in [0.29, 0.717) is 33.9 Å². The van der Waals surface area contributed by atoms with Gasteiger partial charge < -0.3 is 5.73 Å². The van der Waals surface area contributed by atoms with Crippen LogP contribution < -0.4 is 11.3 Å². The molecule has 7 heteroatoms. The van der Waals surface area contributed by atoms with E-state index < -0.39 is 11.9 Å². The van der Waals surface area contributed by atoms with Crippen molar-refractivity contribution in [1.29, 1.82) is 0 Å². The lowest BCUT2D eigenvalue weighted by molar-refractivity contribution is -0.121. The van der Waals surface area contributed by atoms with E-state index in [9.17, 15) is 9.59 Å². The molecule has 0 fully saturated rings. The molecule has 0 aliphatic carbocycles. The van der Waals surface area contributed by atoms with Crippen LogP contribution in [0.4, 0.5) is 0 Å². The van der Waals surface area contributed by atoms with Gasteiger partial charge in [-0.1, -0.05) is 37.6 Å². The largest absolute Gasteiger partial charge is 0.368 e. The fraction of sp³-hybridized carbons (Fsp3) is 0.316. The van der Waals surface area contributed by atoms with Crippen LogP contribution in [0.3, 0.4) is 0 Å². The molecule has 1 amide bonds. The number of hydrogen-bond acceptors (Lipinski definition) is 4. The zero-order valence-electron chi connectivity index (χ0n) is 14.7. The number of amides is 1. The highest BCUT2D eigenvalue weighted by Crippen LogP contribution is 2.32. The van der Waals surface area contributed by atoms with Gasteiger partial charge in [-0.25, -0.2) is 4.98 Å². The lowest BCUT2D eigenvalue weighted by atomic mass is 10.1. The first-order valence-electron chi connectivity index (χ1n) is 8.55. The predicted octanol–water partition coefficient (Wildman–Crippen LogP) is 4.17. The Morgan fingerprint density at radius 3 is 2.58 bits per heavy atom. The second-order valence-corrected chi connectivity index (χ2v) is 7.41. The third-order valence-electron chi connectivity index (χ3n) is 4.37. The Bertz CT molecular complexity index is 1010. The standard InChI is InChI=1S/C19H20ClN3O2S/c1-3-5-15-22-18-16(19(25)23(15)14(4-2)17(21)24)13(10-26-18)11-6-8-12(20)9-7-11/h6-10,14H,3-5H2,1-2H3,(H2,21,24). The smallest absolute Gasteiger partial charge is 0.263 e. The van der Waals surface area contributed by atoms with Crippen molar-refractivity contribution in [2.45, 2.75) is 39.2 Å². The van der Waals surface area contributed by atoms with Crippen LogP contribution >= 0.6 is 22.9 Å². The Labute approximate surface area is 160 Å². The highest BCUT2D eigenvalue weighted by molar-refractivity contribution is 7.17. The number of primary amides is 1. The Balaban J connectivity index is 2.31. The van der Waals surface area contributed by atoms with Crippen LogP contribution in [0.1, 0.15) is 38.6 Å². The normalized spacial score (nSPS) is 12.4. The zero-order valence-corrected chi connectivity index (χ0v) is 16.2. The van der Waals surface area contributed by atoms with E-state index in [1.807, 2.05) is 31.4 Å². The first kappa shape index (κ1) is 18.6. The van der Waals surface area contributed by atoms with Crippen molar-refractivity contribution in [2.24, 2.45) is 5.73 Å². The molecule has 0 bridgehead atoms.